The van der Waals surface area contributed by atoms with Gasteiger partial charge < -0.3 is 14.2 Å². The van der Waals surface area contributed by atoms with Crippen LogP contribution in [0.2, 0.25) is 0 Å². The molecular formula is C21H26O6S. The Morgan fingerprint density at radius 3 is 2.14 bits per heavy atom. The topological polar surface area (TPSA) is 71.1 Å². The van der Waals surface area contributed by atoms with Crippen LogP contribution in [0.5, 0.6) is 0 Å². The maximum absolute atomic E-state index is 11.3. The Morgan fingerprint density at radius 1 is 0.929 bits per heavy atom. The fraction of sp³-hybridized carbons (Fsp3) is 0.429. The molecule has 3 rings (SSSR count). The molecule has 6 nitrogen and oxygen atoms in total. The third-order valence-corrected chi connectivity index (χ3v) is 5.01. The second kappa shape index (κ2) is 10.1. The molecule has 0 spiro atoms. The summed E-state index contributed by atoms with van der Waals surface area (Å²) in [5, 5.41) is 0. The van der Waals surface area contributed by atoms with E-state index in [0.29, 0.717) is 26.2 Å². The zero-order valence-electron chi connectivity index (χ0n) is 15.9. The van der Waals surface area contributed by atoms with Gasteiger partial charge in [-0.1, -0.05) is 60.7 Å². The maximum Gasteiger partial charge on any atom is 0.264 e. The second-order valence-electron chi connectivity index (χ2n) is 6.86. The first kappa shape index (κ1) is 21.0. The summed E-state index contributed by atoms with van der Waals surface area (Å²) < 4.78 is 45.2. The van der Waals surface area contributed by atoms with Gasteiger partial charge in [-0.15, -0.1) is 0 Å². The summed E-state index contributed by atoms with van der Waals surface area (Å²) in [6.07, 6.45) is 0.776. The summed E-state index contributed by atoms with van der Waals surface area (Å²) >= 11 is 0. The molecule has 2 aromatic rings. The normalized spacial score (nSPS) is 22.4. The second-order valence-corrected chi connectivity index (χ2v) is 8.50. The first-order valence-corrected chi connectivity index (χ1v) is 11.1. The predicted molar refractivity (Wildman–Crippen MR) is 105 cm³/mol. The average molecular weight is 407 g/mol. The van der Waals surface area contributed by atoms with Crippen LogP contribution in [0.15, 0.2) is 60.7 Å². The van der Waals surface area contributed by atoms with Crippen LogP contribution in [0.4, 0.5) is 0 Å². The quantitative estimate of drug-likeness (QED) is 0.565. The first-order valence-electron chi connectivity index (χ1n) is 9.26. The van der Waals surface area contributed by atoms with E-state index in [9.17, 15) is 8.42 Å². The Kier molecular flexibility index (Phi) is 7.58. The highest BCUT2D eigenvalue weighted by Gasteiger charge is 2.36. The van der Waals surface area contributed by atoms with Crippen LogP contribution in [0.1, 0.15) is 17.5 Å². The number of benzene rings is 2. The van der Waals surface area contributed by atoms with Gasteiger partial charge in [0.2, 0.25) is 0 Å². The van der Waals surface area contributed by atoms with E-state index in [0.717, 1.165) is 17.4 Å². The largest absolute Gasteiger partial charge is 0.374 e. The lowest BCUT2D eigenvalue weighted by Crippen LogP contribution is -2.29. The van der Waals surface area contributed by atoms with Gasteiger partial charge in [0, 0.05) is 6.42 Å². The van der Waals surface area contributed by atoms with Crippen molar-refractivity contribution < 1.29 is 26.8 Å². The van der Waals surface area contributed by atoms with Crippen molar-refractivity contribution in [1.82, 2.24) is 0 Å². The van der Waals surface area contributed by atoms with E-state index in [1.165, 1.54) is 0 Å². The Hall–Kier alpha value is -1.77. The van der Waals surface area contributed by atoms with E-state index in [2.05, 4.69) is 0 Å². The molecule has 1 heterocycles. The molecule has 2 aromatic carbocycles. The fourth-order valence-corrected chi connectivity index (χ4v) is 3.47. The summed E-state index contributed by atoms with van der Waals surface area (Å²) in [5.74, 6) is 0. The molecule has 1 saturated heterocycles. The van der Waals surface area contributed by atoms with Crippen LogP contribution in [0, 0.1) is 0 Å². The summed E-state index contributed by atoms with van der Waals surface area (Å²) in [6, 6.07) is 19.8. The van der Waals surface area contributed by atoms with Gasteiger partial charge >= 0.3 is 0 Å². The van der Waals surface area contributed by atoms with Gasteiger partial charge in [0.1, 0.15) is 6.10 Å². The van der Waals surface area contributed by atoms with Crippen molar-refractivity contribution in [2.75, 3.05) is 19.5 Å². The molecule has 152 valence electrons. The maximum atomic E-state index is 11.3. The van der Waals surface area contributed by atoms with E-state index in [1.54, 1.807) is 0 Å². The number of hydrogen-bond donors (Lipinski definition) is 0. The highest BCUT2D eigenvalue weighted by molar-refractivity contribution is 7.85. The van der Waals surface area contributed by atoms with Crippen LogP contribution < -0.4 is 0 Å². The minimum Gasteiger partial charge on any atom is -0.374 e. The minimum absolute atomic E-state index is 0.0147. The molecular weight excluding hydrogens is 380 g/mol. The molecule has 0 unspecified atom stereocenters. The minimum atomic E-state index is -3.51. The van der Waals surface area contributed by atoms with E-state index < -0.39 is 10.1 Å². The first-order chi connectivity index (χ1) is 13.5. The van der Waals surface area contributed by atoms with Gasteiger partial charge in [0.15, 0.2) is 0 Å². The van der Waals surface area contributed by atoms with E-state index in [1.807, 2.05) is 60.7 Å². The van der Waals surface area contributed by atoms with Gasteiger partial charge in [-0.3, -0.25) is 4.18 Å². The van der Waals surface area contributed by atoms with Crippen molar-refractivity contribution in [3.8, 4) is 0 Å². The van der Waals surface area contributed by atoms with Gasteiger partial charge in [-0.2, -0.15) is 8.42 Å². The van der Waals surface area contributed by atoms with Crippen molar-refractivity contribution in [3.63, 3.8) is 0 Å². The zero-order valence-corrected chi connectivity index (χ0v) is 16.7. The fourth-order valence-electron chi connectivity index (χ4n) is 3.07. The molecule has 0 aromatic heterocycles. The number of ether oxygens (including phenoxy) is 3. The van der Waals surface area contributed by atoms with Crippen LogP contribution in [-0.2, 0) is 41.7 Å². The molecule has 7 heteroatoms. The van der Waals surface area contributed by atoms with Crippen molar-refractivity contribution in [2.24, 2.45) is 0 Å². The number of rotatable bonds is 10. The van der Waals surface area contributed by atoms with E-state index in [-0.39, 0.29) is 24.9 Å². The lowest BCUT2D eigenvalue weighted by molar-refractivity contribution is -0.0751. The summed E-state index contributed by atoms with van der Waals surface area (Å²) in [7, 11) is -3.51. The SMILES string of the molecule is CS(=O)(=O)OC[C@H]1C[C@H](OCc2ccccc2)[C@@H](COCc2ccccc2)O1. The van der Waals surface area contributed by atoms with E-state index in [4.69, 9.17) is 18.4 Å². The van der Waals surface area contributed by atoms with Crippen molar-refractivity contribution in [1.29, 1.82) is 0 Å². The third kappa shape index (κ3) is 7.00. The van der Waals surface area contributed by atoms with E-state index >= 15 is 0 Å². The Morgan fingerprint density at radius 2 is 1.54 bits per heavy atom. The van der Waals surface area contributed by atoms with Crippen molar-refractivity contribution in [2.45, 2.75) is 37.9 Å². The van der Waals surface area contributed by atoms with Gasteiger partial charge in [-0.25, -0.2) is 0 Å². The standard InChI is InChI=1S/C21H26O6S/c1-28(22,23)26-15-19-12-20(25-14-18-10-6-3-7-11-18)21(27-19)16-24-13-17-8-4-2-5-9-17/h2-11,19-21H,12-16H2,1H3/t19-,20+,21-/m1/s1. The van der Waals surface area contributed by atoms with Crippen molar-refractivity contribution >= 4 is 10.1 Å². The van der Waals surface area contributed by atoms with Gasteiger partial charge in [-0.05, 0) is 11.1 Å². The van der Waals surface area contributed by atoms with Crippen LogP contribution in [0.25, 0.3) is 0 Å². The van der Waals surface area contributed by atoms with Crippen LogP contribution >= 0.6 is 0 Å². The molecule has 1 aliphatic heterocycles. The highest BCUT2D eigenvalue weighted by Crippen LogP contribution is 2.25. The molecule has 3 atom stereocenters. The monoisotopic (exact) mass is 406 g/mol. The summed E-state index contributed by atoms with van der Waals surface area (Å²) in [5.41, 5.74) is 2.15. The molecule has 1 fully saturated rings. The molecule has 0 N–H and O–H groups in total. The van der Waals surface area contributed by atoms with Gasteiger partial charge in [0.05, 0.1) is 44.9 Å². The van der Waals surface area contributed by atoms with Crippen LogP contribution in [-0.4, -0.2) is 46.2 Å². The average Bonchev–Trinajstić information content (AvgIpc) is 3.08. The molecule has 0 radical (unpaired) electrons. The highest BCUT2D eigenvalue weighted by atomic mass is 32.2. The smallest absolute Gasteiger partial charge is 0.264 e. The third-order valence-electron chi connectivity index (χ3n) is 4.45. The molecule has 28 heavy (non-hydrogen) atoms. The predicted octanol–water partition coefficient (Wildman–Crippen LogP) is 2.92. The van der Waals surface area contributed by atoms with Crippen molar-refractivity contribution in [3.05, 3.63) is 71.8 Å². The molecule has 1 aliphatic rings. The lowest BCUT2D eigenvalue weighted by atomic mass is 10.1. The number of hydrogen-bond acceptors (Lipinski definition) is 6. The lowest BCUT2D eigenvalue weighted by Gasteiger charge is -2.19. The summed E-state index contributed by atoms with van der Waals surface area (Å²) in [6.45, 7) is 1.29. The molecule has 0 saturated carbocycles. The molecule has 0 bridgehead atoms. The Bertz CT molecular complexity index is 809. The van der Waals surface area contributed by atoms with Gasteiger partial charge in [0.25, 0.3) is 10.1 Å². The van der Waals surface area contributed by atoms with Crippen LogP contribution in [0.3, 0.4) is 0 Å². The Balaban J connectivity index is 1.54. The summed E-state index contributed by atoms with van der Waals surface area (Å²) in [4.78, 5) is 0. The Labute approximate surface area is 166 Å². The molecule has 0 amide bonds. The zero-order chi connectivity index (χ0) is 19.8. The molecule has 0 aliphatic carbocycles.